The molecule has 2 aromatic rings. The Bertz CT molecular complexity index is 774. The lowest BCUT2D eigenvalue weighted by molar-refractivity contribution is 0.129. The molecule has 0 aromatic carbocycles. The Morgan fingerprint density at radius 1 is 1.07 bits per heavy atom. The molecule has 7 heteroatoms. The van der Waals surface area contributed by atoms with Crippen LogP contribution in [-0.4, -0.2) is 42.9 Å². The predicted octanol–water partition coefficient (Wildman–Crippen LogP) is 3.63. The number of piperidine rings is 1. The van der Waals surface area contributed by atoms with E-state index in [2.05, 4.69) is 57.5 Å². The van der Waals surface area contributed by atoms with E-state index in [0.717, 1.165) is 44.2 Å². The fourth-order valence-electron chi connectivity index (χ4n) is 4.24. The molecule has 0 unspecified atom stereocenters. The van der Waals surface area contributed by atoms with Gasteiger partial charge in [-0.15, -0.1) is 10.2 Å². The molecular weight excluding hydrogens is 340 g/mol. The summed E-state index contributed by atoms with van der Waals surface area (Å²) in [6.07, 6.45) is 7.18. The topological polar surface area (TPSA) is 72.9 Å². The number of hydrogen-bond donors (Lipinski definition) is 0. The monoisotopic (exact) mass is 372 g/mol. The van der Waals surface area contributed by atoms with Crippen LogP contribution in [0.4, 0.5) is 0 Å². The van der Waals surface area contributed by atoms with Crippen LogP contribution in [0.1, 0.15) is 95.1 Å². The van der Waals surface area contributed by atoms with Crippen molar-refractivity contribution < 1.29 is 4.52 Å². The van der Waals surface area contributed by atoms with Gasteiger partial charge < -0.3 is 9.09 Å². The normalized spacial score (nSPS) is 23.0. The van der Waals surface area contributed by atoms with Gasteiger partial charge in [-0.1, -0.05) is 32.3 Å². The first kappa shape index (κ1) is 18.6. The summed E-state index contributed by atoms with van der Waals surface area (Å²) in [5.74, 6) is 4.30. The molecule has 0 spiro atoms. The second-order valence-corrected chi connectivity index (χ2v) is 9.15. The molecule has 2 aromatic heterocycles. The second-order valence-electron chi connectivity index (χ2n) is 9.15. The molecule has 7 nitrogen and oxygen atoms in total. The third-order valence-electron chi connectivity index (χ3n) is 5.97. The van der Waals surface area contributed by atoms with Gasteiger partial charge in [-0.3, -0.25) is 4.90 Å². The quantitative estimate of drug-likeness (QED) is 0.819. The van der Waals surface area contributed by atoms with Crippen molar-refractivity contribution in [1.29, 1.82) is 0 Å². The molecule has 27 heavy (non-hydrogen) atoms. The Hall–Kier alpha value is -1.76. The molecule has 1 saturated heterocycles. The van der Waals surface area contributed by atoms with Crippen LogP contribution in [0.15, 0.2) is 4.52 Å². The average molecular weight is 373 g/mol. The van der Waals surface area contributed by atoms with Gasteiger partial charge in [-0.05, 0) is 39.2 Å². The minimum Gasteiger partial charge on any atom is -0.338 e. The van der Waals surface area contributed by atoms with Gasteiger partial charge in [0.25, 0.3) is 0 Å². The first-order chi connectivity index (χ1) is 12.9. The highest BCUT2D eigenvalue weighted by Gasteiger charge is 2.32. The summed E-state index contributed by atoms with van der Waals surface area (Å²) in [5, 5.41) is 13.3. The summed E-state index contributed by atoms with van der Waals surface area (Å²) in [5.41, 5.74) is -0.0923. The van der Waals surface area contributed by atoms with Crippen LogP contribution in [0.5, 0.6) is 0 Å². The Morgan fingerprint density at radius 3 is 2.70 bits per heavy atom. The predicted molar refractivity (Wildman–Crippen MR) is 103 cm³/mol. The van der Waals surface area contributed by atoms with Crippen molar-refractivity contribution in [1.82, 2.24) is 29.8 Å². The Morgan fingerprint density at radius 2 is 1.93 bits per heavy atom. The van der Waals surface area contributed by atoms with Gasteiger partial charge in [0, 0.05) is 30.8 Å². The summed E-state index contributed by atoms with van der Waals surface area (Å²) in [4.78, 5) is 7.14. The summed E-state index contributed by atoms with van der Waals surface area (Å²) in [6.45, 7) is 11.6. The van der Waals surface area contributed by atoms with Crippen molar-refractivity contribution in [2.24, 2.45) is 0 Å². The third kappa shape index (κ3) is 3.79. The molecule has 0 N–H and O–H groups in total. The standard InChI is InChI=1S/C20H32N6O/c1-14(18-21-19(24-27-18)20(2,3)4)25-11-8-9-15(13-25)17-23-22-16-10-6-5-7-12-26(16)17/h14-15H,5-13H2,1-4H3/t14-,15-/m0/s1. The van der Waals surface area contributed by atoms with E-state index < -0.39 is 0 Å². The highest BCUT2D eigenvalue weighted by Crippen LogP contribution is 2.32. The Kier molecular flexibility index (Phi) is 5.05. The van der Waals surface area contributed by atoms with Crippen molar-refractivity contribution in [3.8, 4) is 0 Å². The van der Waals surface area contributed by atoms with Gasteiger partial charge in [-0.2, -0.15) is 4.98 Å². The van der Waals surface area contributed by atoms with E-state index in [1.807, 2.05) is 0 Å². The third-order valence-corrected chi connectivity index (χ3v) is 5.97. The van der Waals surface area contributed by atoms with Gasteiger partial charge in [0.2, 0.25) is 5.89 Å². The molecule has 1 fully saturated rings. The molecule has 2 aliphatic rings. The molecule has 0 bridgehead atoms. The summed E-state index contributed by atoms with van der Waals surface area (Å²) in [7, 11) is 0. The summed E-state index contributed by atoms with van der Waals surface area (Å²) >= 11 is 0. The van der Waals surface area contributed by atoms with E-state index in [4.69, 9.17) is 4.52 Å². The largest absolute Gasteiger partial charge is 0.338 e. The fraction of sp³-hybridized carbons (Fsp3) is 0.800. The SMILES string of the molecule is C[C@@H](c1nc(C(C)(C)C)no1)N1CCC[C@H](c2nnc3n2CCCCC3)C1. The second kappa shape index (κ2) is 7.34. The Balaban J connectivity index is 1.50. The molecule has 0 saturated carbocycles. The fourth-order valence-corrected chi connectivity index (χ4v) is 4.24. The van der Waals surface area contributed by atoms with E-state index in [1.54, 1.807) is 0 Å². The van der Waals surface area contributed by atoms with E-state index >= 15 is 0 Å². The van der Waals surface area contributed by atoms with E-state index in [1.165, 1.54) is 37.3 Å². The van der Waals surface area contributed by atoms with Crippen LogP contribution in [-0.2, 0) is 18.4 Å². The number of aromatic nitrogens is 5. The van der Waals surface area contributed by atoms with E-state index in [9.17, 15) is 0 Å². The zero-order chi connectivity index (χ0) is 19.0. The van der Waals surface area contributed by atoms with E-state index in [-0.39, 0.29) is 11.5 Å². The van der Waals surface area contributed by atoms with Crippen LogP contribution in [0.3, 0.4) is 0 Å². The van der Waals surface area contributed by atoms with Crippen LogP contribution >= 0.6 is 0 Å². The van der Waals surface area contributed by atoms with Gasteiger partial charge in [0.1, 0.15) is 11.6 Å². The maximum Gasteiger partial charge on any atom is 0.243 e. The zero-order valence-electron chi connectivity index (χ0n) is 17.1. The van der Waals surface area contributed by atoms with Crippen molar-refractivity contribution in [2.75, 3.05) is 13.1 Å². The van der Waals surface area contributed by atoms with Crippen LogP contribution in [0.25, 0.3) is 0 Å². The number of rotatable bonds is 3. The van der Waals surface area contributed by atoms with Gasteiger partial charge in [-0.25, -0.2) is 0 Å². The average Bonchev–Trinajstić information content (AvgIpc) is 3.23. The van der Waals surface area contributed by atoms with Crippen molar-refractivity contribution in [2.45, 2.75) is 90.1 Å². The maximum atomic E-state index is 5.60. The minimum atomic E-state index is -0.0923. The zero-order valence-corrected chi connectivity index (χ0v) is 17.1. The van der Waals surface area contributed by atoms with Gasteiger partial charge >= 0.3 is 0 Å². The smallest absolute Gasteiger partial charge is 0.243 e. The van der Waals surface area contributed by atoms with E-state index in [0.29, 0.717) is 5.92 Å². The lowest BCUT2D eigenvalue weighted by atomic mass is 9.95. The van der Waals surface area contributed by atoms with Crippen molar-refractivity contribution >= 4 is 0 Å². The molecule has 0 aliphatic carbocycles. The first-order valence-corrected chi connectivity index (χ1v) is 10.4. The molecule has 148 valence electrons. The van der Waals surface area contributed by atoms with Crippen LogP contribution in [0.2, 0.25) is 0 Å². The number of fused-ring (bicyclic) bond motifs is 1. The number of likely N-dealkylation sites (tertiary alicyclic amines) is 1. The molecule has 2 aliphatic heterocycles. The van der Waals surface area contributed by atoms with Gasteiger partial charge in [0.15, 0.2) is 5.82 Å². The Labute approximate surface area is 161 Å². The highest BCUT2D eigenvalue weighted by molar-refractivity contribution is 5.07. The summed E-state index contributed by atoms with van der Waals surface area (Å²) in [6, 6.07) is 0.128. The lowest BCUT2D eigenvalue weighted by Crippen LogP contribution is -2.37. The lowest BCUT2D eigenvalue weighted by Gasteiger charge is -2.35. The molecule has 0 radical (unpaired) electrons. The number of hydrogen-bond acceptors (Lipinski definition) is 6. The molecule has 0 amide bonds. The van der Waals surface area contributed by atoms with Crippen molar-refractivity contribution in [3.63, 3.8) is 0 Å². The van der Waals surface area contributed by atoms with Crippen LogP contribution in [0, 0.1) is 0 Å². The van der Waals surface area contributed by atoms with Crippen LogP contribution < -0.4 is 0 Å². The number of nitrogens with zero attached hydrogens (tertiary/aromatic N) is 6. The molecule has 4 rings (SSSR count). The minimum absolute atomic E-state index is 0.0923. The summed E-state index contributed by atoms with van der Waals surface area (Å²) < 4.78 is 8.00. The molecular formula is C20H32N6O. The highest BCUT2D eigenvalue weighted by atomic mass is 16.5. The molecule has 4 heterocycles. The first-order valence-electron chi connectivity index (χ1n) is 10.4. The van der Waals surface area contributed by atoms with Gasteiger partial charge in [0.05, 0.1) is 6.04 Å². The van der Waals surface area contributed by atoms with Crippen molar-refractivity contribution in [3.05, 3.63) is 23.4 Å². The number of aryl methyl sites for hydroxylation is 1. The maximum absolute atomic E-state index is 5.60. The molecule has 2 atom stereocenters.